The molecule has 82 valence electrons. The van der Waals surface area contributed by atoms with Crippen LogP contribution in [0.4, 0.5) is 0 Å². The summed E-state index contributed by atoms with van der Waals surface area (Å²) in [5, 5.41) is 0. The summed E-state index contributed by atoms with van der Waals surface area (Å²) in [6, 6.07) is 1.75. The summed E-state index contributed by atoms with van der Waals surface area (Å²) in [5.74, 6) is 0.278. The summed E-state index contributed by atoms with van der Waals surface area (Å²) in [6.07, 6.45) is 3.81. The number of hydrogen-bond donors (Lipinski definition) is 3. The summed E-state index contributed by atoms with van der Waals surface area (Å²) in [4.78, 5) is 27.0. The van der Waals surface area contributed by atoms with E-state index < -0.39 is 5.69 Å². The van der Waals surface area contributed by atoms with Crippen LogP contribution in [0, 0.1) is 0 Å². The standard InChI is InChI=1S/C10H15N3O2/c11-7-3-1-6(2-4-7)8-5-9(14)13-10(15)12-8/h5-7H,1-4,11H2,(H2,12,13,14,15). The maximum atomic E-state index is 11.1. The monoisotopic (exact) mass is 209 g/mol. The van der Waals surface area contributed by atoms with Gasteiger partial charge in [-0.05, 0) is 31.6 Å². The molecule has 0 bridgehead atoms. The molecule has 4 N–H and O–H groups in total. The molecule has 0 radical (unpaired) electrons. The Morgan fingerprint density at radius 2 is 1.80 bits per heavy atom. The number of rotatable bonds is 1. The molecule has 0 atom stereocenters. The van der Waals surface area contributed by atoms with Crippen LogP contribution in [0.25, 0.3) is 0 Å². The number of aromatic amines is 2. The average Bonchev–Trinajstić information content (AvgIpc) is 2.17. The zero-order valence-electron chi connectivity index (χ0n) is 8.45. The second kappa shape index (κ2) is 4.02. The van der Waals surface area contributed by atoms with Gasteiger partial charge in [0.05, 0.1) is 0 Å². The van der Waals surface area contributed by atoms with E-state index in [1.54, 1.807) is 0 Å². The molecule has 5 nitrogen and oxygen atoms in total. The Hall–Kier alpha value is -1.36. The summed E-state index contributed by atoms with van der Waals surface area (Å²) in [7, 11) is 0. The van der Waals surface area contributed by atoms with E-state index in [1.165, 1.54) is 6.07 Å². The zero-order chi connectivity index (χ0) is 10.8. The van der Waals surface area contributed by atoms with Crippen molar-refractivity contribution in [1.29, 1.82) is 0 Å². The van der Waals surface area contributed by atoms with E-state index in [-0.39, 0.29) is 17.5 Å². The second-order valence-electron chi connectivity index (χ2n) is 4.15. The van der Waals surface area contributed by atoms with Crippen LogP contribution in [0.1, 0.15) is 37.3 Å². The van der Waals surface area contributed by atoms with E-state index >= 15 is 0 Å². The lowest BCUT2D eigenvalue weighted by molar-refractivity contribution is 0.389. The molecule has 1 fully saturated rings. The minimum absolute atomic E-state index is 0.273. The van der Waals surface area contributed by atoms with Gasteiger partial charge in [0.2, 0.25) is 0 Å². The molecular formula is C10H15N3O2. The third-order valence-electron chi connectivity index (χ3n) is 2.99. The summed E-state index contributed by atoms with van der Waals surface area (Å²) >= 11 is 0. The molecule has 0 aliphatic heterocycles. The maximum Gasteiger partial charge on any atom is 0.325 e. The van der Waals surface area contributed by atoms with Gasteiger partial charge in [0, 0.05) is 17.8 Å². The first-order chi connectivity index (χ1) is 7.15. The van der Waals surface area contributed by atoms with Crippen molar-refractivity contribution < 1.29 is 0 Å². The van der Waals surface area contributed by atoms with Gasteiger partial charge in [-0.3, -0.25) is 9.78 Å². The summed E-state index contributed by atoms with van der Waals surface area (Å²) in [6.45, 7) is 0. The molecule has 2 rings (SSSR count). The van der Waals surface area contributed by atoms with Gasteiger partial charge in [-0.25, -0.2) is 4.79 Å². The van der Waals surface area contributed by atoms with Gasteiger partial charge >= 0.3 is 5.69 Å². The van der Waals surface area contributed by atoms with Crippen LogP contribution in [0.2, 0.25) is 0 Å². The fourth-order valence-electron chi connectivity index (χ4n) is 2.14. The summed E-state index contributed by atoms with van der Waals surface area (Å²) in [5.41, 5.74) is 5.79. The van der Waals surface area contributed by atoms with Crippen molar-refractivity contribution in [3.63, 3.8) is 0 Å². The molecule has 1 heterocycles. The van der Waals surface area contributed by atoms with Crippen molar-refractivity contribution in [2.45, 2.75) is 37.6 Å². The number of nitrogens with two attached hydrogens (primary N) is 1. The van der Waals surface area contributed by atoms with Gasteiger partial charge < -0.3 is 10.7 Å². The Morgan fingerprint density at radius 1 is 1.13 bits per heavy atom. The van der Waals surface area contributed by atoms with Crippen LogP contribution >= 0.6 is 0 Å². The molecule has 5 heteroatoms. The first kappa shape index (κ1) is 10.2. The van der Waals surface area contributed by atoms with Crippen LogP contribution in [-0.4, -0.2) is 16.0 Å². The summed E-state index contributed by atoms with van der Waals surface area (Å²) < 4.78 is 0. The number of nitrogens with one attached hydrogen (secondary N) is 2. The smallest absolute Gasteiger partial charge is 0.325 e. The predicted molar refractivity (Wildman–Crippen MR) is 56.9 cm³/mol. The molecule has 0 saturated heterocycles. The molecule has 1 aromatic rings. The second-order valence-corrected chi connectivity index (χ2v) is 4.15. The largest absolute Gasteiger partial charge is 0.328 e. The van der Waals surface area contributed by atoms with Gasteiger partial charge in [0.25, 0.3) is 5.56 Å². The van der Waals surface area contributed by atoms with E-state index in [0.717, 1.165) is 31.4 Å². The molecule has 0 aromatic carbocycles. The molecule has 1 aliphatic rings. The van der Waals surface area contributed by atoms with E-state index in [0.29, 0.717) is 0 Å². The Morgan fingerprint density at radius 3 is 2.40 bits per heavy atom. The van der Waals surface area contributed by atoms with Crippen LogP contribution in [0.5, 0.6) is 0 Å². The molecule has 1 aliphatic carbocycles. The third kappa shape index (κ3) is 2.36. The number of aromatic nitrogens is 2. The van der Waals surface area contributed by atoms with Gasteiger partial charge in [-0.1, -0.05) is 0 Å². The van der Waals surface area contributed by atoms with Crippen molar-refractivity contribution in [1.82, 2.24) is 9.97 Å². The molecule has 0 spiro atoms. The highest BCUT2D eigenvalue weighted by molar-refractivity contribution is 5.07. The third-order valence-corrected chi connectivity index (χ3v) is 2.99. The lowest BCUT2D eigenvalue weighted by Gasteiger charge is -2.25. The highest BCUT2D eigenvalue weighted by Crippen LogP contribution is 2.29. The Bertz CT molecular complexity index is 412. The van der Waals surface area contributed by atoms with Gasteiger partial charge in [-0.2, -0.15) is 0 Å². The van der Waals surface area contributed by atoms with Gasteiger partial charge in [-0.15, -0.1) is 0 Å². The lowest BCUT2D eigenvalue weighted by atomic mass is 9.84. The van der Waals surface area contributed by atoms with Crippen molar-refractivity contribution in [2.75, 3.05) is 0 Å². The van der Waals surface area contributed by atoms with Gasteiger partial charge in [0.1, 0.15) is 0 Å². The molecule has 1 aromatic heterocycles. The SMILES string of the molecule is NC1CCC(c2cc(=O)[nH]c(=O)[nH]2)CC1. The maximum absolute atomic E-state index is 11.1. The van der Waals surface area contributed by atoms with Crippen molar-refractivity contribution in [3.8, 4) is 0 Å². The molecule has 1 saturated carbocycles. The topological polar surface area (TPSA) is 91.7 Å². The average molecular weight is 209 g/mol. The van der Waals surface area contributed by atoms with Crippen LogP contribution in [-0.2, 0) is 0 Å². The lowest BCUT2D eigenvalue weighted by Crippen LogP contribution is -2.29. The van der Waals surface area contributed by atoms with E-state index in [4.69, 9.17) is 5.73 Å². The Kier molecular flexibility index (Phi) is 2.73. The van der Waals surface area contributed by atoms with E-state index in [2.05, 4.69) is 9.97 Å². The fourth-order valence-corrected chi connectivity index (χ4v) is 2.14. The zero-order valence-corrected chi connectivity index (χ0v) is 8.45. The first-order valence-corrected chi connectivity index (χ1v) is 5.24. The van der Waals surface area contributed by atoms with Crippen LogP contribution in [0.15, 0.2) is 15.7 Å². The molecule has 15 heavy (non-hydrogen) atoms. The van der Waals surface area contributed by atoms with E-state index in [9.17, 15) is 9.59 Å². The molecule has 0 unspecified atom stereocenters. The van der Waals surface area contributed by atoms with Crippen LogP contribution < -0.4 is 17.0 Å². The van der Waals surface area contributed by atoms with Crippen molar-refractivity contribution >= 4 is 0 Å². The number of hydrogen-bond acceptors (Lipinski definition) is 3. The molecule has 0 amide bonds. The highest BCUT2D eigenvalue weighted by atomic mass is 16.2. The number of H-pyrrole nitrogens is 2. The Balaban J connectivity index is 2.22. The minimum Gasteiger partial charge on any atom is -0.328 e. The van der Waals surface area contributed by atoms with E-state index in [1.807, 2.05) is 0 Å². The van der Waals surface area contributed by atoms with Crippen molar-refractivity contribution in [2.24, 2.45) is 5.73 Å². The van der Waals surface area contributed by atoms with Crippen molar-refractivity contribution in [3.05, 3.63) is 32.6 Å². The first-order valence-electron chi connectivity index (χ1n) is 5.24. The quantitative estimate of drug-likeness (QED) is 0.610. The minimum atomic E-state index is -0.424. The normalized spacial score (nSPS) is 26.5. The highest BCUT2D eigenvalue weighted by Gasteiger charge is 2.20. The van der Waals surface area contributed by atoms with Gasteiger partial charge in [0.15, 0.2) is 0 Å². The molecular weight excluding hydrogens is 194 g/mol. The Labute approximate surface area is 86.7 Å². The van der Waals surface area contributed by atoms with Crippen LogP contribution in [0.3, 0.4) is 0 Å². The predicted octanol–water partition coefficient (Wildman–Crippen LogP) is 0.0481. The fraction of sp³-hybridized carbons (Fsp3) is 0.600.